The SMILES string of the molecule is CC1(C)[C@H]2CC[C@@H](C[N+](C)(C)C)[C@@H]1C2. The summed E-state index contributed by atoms with van der Waals surface area (Å²) in [6.45, 7) is 6.36. The zero-order valence-electron chi connectivity index (χ0n) is 10.5. The van der Waals surface area contributed by atoms with Gasteiger partial charge in [-0.3, -0.25) is 0 Å². The number of rotatable bonds is 2. The smallest absolute Gasteiger partial charge is 0.0811 e. The predicted octanol–water partition coefficient (Wildman–Crippen LogP) is 2.76. The van der Waals surface area contributed by atoms with Crippen molar-refractivity contribution in [2.75, 3.05) is 27.7 Å². The molecule has 3 aliphatic carbocycles. The fourth-order valence-electron chi connectivity index (χ4n) is 3.88. The van der Waals surface area contributed by atoms with E-state index in [-0.39, 0.29) is 0 Å². The lowest BCUT2D eigenvalue weighted by molar-refractivity contribution is -0.875. The van der Waals surface area contributed by atoms with E-state index in [0.717, 1.165) is 22.2 Å². The van der Waals surface area contributed by atoms with Crippen LogP contribution in [0.25, 0.3) is 0 Å². The first-order valence-corrected chi connectivity index (χ1v) is 6.11. The molecular formula is C13H26N+. The average molecular weight is 196 g/mol. The van der Waals surface area contributed by atoms with Crippen LogP contribution in [0.5, 0.6) is 0 Å². The highest BCUT2D eigenvalue weighted by atomic mass is 15.3. The van der Waals surface area contributed by atoms with Crippen LogP contribution in [0.4, 0.5) is 0 Å². The molecule has 14 heavy (non-hydrogen) atoms. The Morgan fingerprint density at radius 3 is 2.21 bits per heavy atom. The minimum absolute atomic E-state index is 0.665. The molecule has 3 fully saturated rings. The molecule has 2 bridgehead atoms. The molecule has 0 aliphatic heterocycles. The molecule has 0 saturated heterocycles. The van der Waals surface area contributed by atoms with Gasteiger partial charge in [-0.2, -0.15) is 0 Å². The summed E-state index contributed by atoms with van der Waals surface area (Å²) in [7, 11) is 6.99. The Kier molecular flexibility index (Phi) is 2.23. The van der Waals surface area contributed by atoms with Crippen molar-refractivity contribution in [3.05, 3.63) is 0 Å². The van der Waals surface area contributed by atoms with Gasteiger partial charge in [0.15, 0.2) is 0 Å². The molecule has 0 radical (unpaired) electrons. The standard InChI is InChI=1S/C13H26N/c1-13(2)11-7-6-10(12(13)8-11)9-14(3,4)5/h10-12H,6-9H2,1-5H3/q+1/t10-,11-,12-/m0/s1. The van der Waals surface area contributed by atoms with Gasteiger partial charge in [-0.25, -0.2) is 0 Å². The molecule has 82 valence electrons. The topological polar surface area (TPSA) is 0 Å². The molecule has 0 amide bonds. The fourth-order valence-corrected chi connectivity index (χ4v) is 3.88. The van der Waals surface area contributed by atoms with E-state index in [1.54, 1.807) is 0 Å². The lowest BCUT2D eigenvalue weighted by Gasteiger charge is -2.60. The van der Waals surface area contributed by atoms with Crippen LogP contribution >= 0.6 is 0 Å². The summed E-state index contributed by atoms with van der Waals surface area (Å²) < 4.78 is 1.14. The summed E-state index contributed by atoms with van der Waals surface area (Å²) in [4.78, 5) is 0. The van der Waals surface area contributed by atoms with Gasteiger partial charge < -0.3 is 4.48 Å². The molecule has 0 aromatic heterocycles. The molecule has 0 aromatic carbocycles. The molecule has 0 spiro atoms. The van der Waals surface area contributed by atoms with Crippen LogP contribution in [0.2, 0.25) is 0 Å². The Labute approximate surface area is 89.1 Å². The quantitative estimate of drug-likeness (QED) is 0.596. The van der Waals surface area contributed by atoms with Crippen molar-refractivity contribution in [2.45, 2.75) is 33.1 Å². The largest absolute Gasteiger partial charge is 0.331 e. The van der Waals surface area contributed by atoms with Crippen LogP contribution in [-0.4, -0.2) is 32.2 Å². The van der Waals surface area contributed by atoms with Gasteiger partial charge in [-0.15, -0.1) is 0 Å². The minimum Gasteiger partial charge on any atom is -0.331 e. The Morgan fingerprint density at radius 1 is 1.14 bits per heavy atom. The van der Waals surface area contributed by atoms with Crippen molar-refractivity contribution in [3.8, 4) is 0 Å². The molecule has 3 atom stereocenters. The molecule has 0 N–H and O–H groups in total. The average Bonchev–Trinajstić information content (AvgIpc) is 2.00. The van der Waals surface area contributed by atoms with E-state index >= 15 is 0 Å². The third kappa shape index (κ3) is 1.60. The highest BCUT2D eigenvalue weighted by molar-refractivity contribution is 5.03. The second-order valence-electron chi connectivity index (χ2n) is 7.17. The van der Waals surface area contributed by atoms with Crippen LogP contribution < -0.4 is 0 Å². The molecule has 0 unspecified atom stereocenters. The van der Waals surface area contributed by atoms with Gasteiger partial charge in [-0.1, -0.05) is 13.8 Å². The van der Waals surface area contributed by atoms with Crippen LogP contribution in [-0.2, 0) is 0 Å². The summed E-state index contributed by atoms with van der Waals surface area (Å²) in [6, 6.07) is 0. The maximum Gasteiger partial charge on any atom is 0.0811 e. The van der Waals surface area contributed by atoms with E-state index < -0.39 is 0 Å². The van der Waals surface area contributed by atoms with Gasteiger partial charge >= 0.3 is 0 Å². The van der Waals surface area contributed by atoms with E-state index in [4.69, 9.17) is 0 Å². The first kappa shape index (κ1) is 10.5. The number of fused-ring (bicyclic) bond motifs is 2. The monoisotopic (exact) mass is 196 g/mol. The van der Waals surface area contributed by atoms with Crippen LogP contribution in [0.1, 0.15) is 33.1 Å². The van der Waals surface area contributed by atoms with Gasteiger partial charge in [0.2, 0.25) is 0 Å². The lowest BCUT2D eigenvalue weighted by atomic mass is 9.45. The van der Waals surface area contributed by atoms with Gasteiger partial charge in [-0.05, 0) is 36.5 Å². The highest BCUT2D eigenvalue weighted by Crippen LogP contribution is 2.61. The van der Waals surface area contributed by atoms with E-state index in [0.29, 0.717) is 5.41 Å². The molecule has 0 heterocycles. The third-order valence-electron chi connectivity index (χ3n) is 4.78. The summed E-state index contributed by atoms with van der Waals surface area (Å²) in [5, 5.41) is 0. The van der Waals surface area contributed by atoms with E-state index in [9.17, 15) is 0 Å². The third-order valence-corrected chi connectivity index (χ3v) is 4.78. The van der Waals surface area contributed by atoms with Crippen LogP contribution in [0.3, 0.4) is 0 Å². The predicted molar refractivity (Wildman–Crippen MR) is 61.0 cm³/mol. The Morgan fingerprint density at radius 2 is 1.79 bits per heavy atom. The molecule has 1 heteroatoms. The first-order valence-electron chi connectivity index (χ1n) is 6.11. The maximum atomic E-state index is 2.49. The molecule has 3 aliphatic rings. The van der Waals surface area contributed by atoms with Crippen molar-refractivity contribution in [3.63, 3.8) is 0 Å². The lowest BCUT2D eigenvalue weighted by Crippen LogP contribution is -2.56. The van der Waals surface area contributed by atoms with Gasteiger partial charge in [0.1, 0.15) is 0 Å². The summed E-state index contributed by atoms with van der Waals surface area (Å²) in [6.07, 6.45) is 4.51. The number of hydrogen-bond acceptors (Lipinski definition) is 0. The first-order chi connectivity index (χ1) is 6.31. The summed E-state index contributed by atoms with van der Waals surface area (Å²) >= 11 is 0. The van der Waals surface area contributed by atoms with Crippen LogP contribution in [0.15, 0.2) is 0 Å². The van der Waals surface area contributed by atoms with Crippen molar-refractivity contribution >= 4 is 0 Å². The molecule has 3 rings (SSSR count). The van der Waals surface area contributed by atoms with Crippen molar-refractivity contribution in [2.24, 2.45) is 23.2 Å². The zero-order chi connectivity index (χ0) is 10.6. The maximum absolute atomic E-state index is 2.49. The van der Waals surface area contributed by atoms with Crippen molar-refractivity contribution in [1.29, 1.82) is 0 Å². The second kappa shape index (κ2) is 2.98. The number of nitrogens with zero attached hydrogens (tertiary/aromatic N) is 1. The second-order valence-corrected chi connectivity index (χ2v) is 7.17. The van der Waals surface area contributed by atoms with E-state index in [1.165, 1.54) is 25.8 Å². The summed E-state index contributed by atoms with van der Waals surface area (Å²) in [5.41, 5.74) is 0.665. The van der Waals surface area contributed by atoms with Crippen molar-refractivity contribution in [1.82, 2.24) is 0 Å². The molecular weight excluding hydrogens is 170 g/mol. The Hall–Kier alpha value is -0.0400. The van der Waals surface area contributed by atoms with Crippen molar-refractivity contribution < 1.29 is 4.48 Å². The molecule has 0 aromatic rings. The van der Waals surface area contributed by atoms with E-state index in [2.05, 4.69) is 35.0 Å². The van der Waals surface area contributed by atoms with Gasteiger partial charge in [0.05, 0.1) is 27.7 Å². The van der Waals surface area contributed by atoms with Gasteiger partial charge in [0, 0.05) is 5.92 Å². The van der Waals surface area contributed by atoms with Gasteiger partial charge in [0.25, 0.3) is 0 Å². The number of hydrogen-bond donors (Lipinski definition) is 0. The molecule has 3 saturated carbocycles. The normalized spacial score (nSPS) is 40.5. The minimum atomic E-state index is 0.665. The Balaban J connectivity index is 2.01. The number of quaternary nitrogens is 1. The highest BCUT2D eigenvalue weighted by Gasteiger charge is 2.54. The molecule has 1 nitrogen and oxygen atoms in total. The zero-order valence-corrected chi connectivity index (χ0v) is 10.5. The fraction of sp³-hybridized carbons (Fsp3) is 1.00. The van der Waals surface area contributed by atoms with Crippen LogP contribution in [0, 0.1) is 23.2 Å². The Bertz CT molecular complexity index is 222. The summed E-state index contributed by atoms with van der Waals surface area (Å²) in [5.74, 6) is 3.07. The van der Waals surface area contributed by atoms with E-state index in [1.807, 2.05) is 0 Å².